The number of hydrogen-bond acceptors (Lipinski definition) is 11. The quantitative estimate of drug-likeness (QED) is 0.186. The first-order chi connectivity index (χ1) is 18.4. The van der Waals surface area contributed by atoms with Gasteiger partial charge in [-0.05, 0) is 30.3 Å². The minimum absolute atomic E-state index is 0.171. The molecular weight excluding hydrogens is 575 g/mol. The maximum absolute atomic E-state index is 13.8. The molecule has 2 saturated heterocycles. The summed E-state index contributed by atoms with van der Waals surface area (Å²) in [6.07, 6.45) is -3.88. The van der Waals surface area contributed by atoms with E-state index < -0.39 is 57.9 Å². The molecule has 1 aromatic rings. The molecule has 2 aliphatic heterocycles. The van der Waals surface area contributed by atoms with Crippen molar-refractivity contribution in [2.45, 2.75) is 101 Å². The maximum atomic E-state index is 13.8. The SMILES string of the molecule is CC(=O)OC[C@H]1O[C@H](Sc2ccccc2)[C@@H](OP2(=O)OCC(C)(C)CO2)[C@@H](O[Si](C)(C)C(C)(C)C)[C@@H]1OC(C)=O. The molecule has 10 nitrogen and oxygen atoms in total. The largest absolute Gasteiger partial charge is 0.475 e. The van der Waals surface area contributed by atoms with Gasteiger partial charge in [-0.2, -0.15) is 0 Å². The van der Waals surface area contributed by atoms with E-state index in [1.54, 1.807) is 0 Å². The van der Waals surface area contributed by atoms with Gasteiger partial charge in [-0.15, -0.1) is 0 Å². The standard InChI is InChI=1S/C27H43O10PSSi/c1-18(28)31-15-21-22(34-19(2)29)23(37-40(8,9)26(3,4)5)24(25(35-21)39-20-13-11-10-12-14-20)36-38(30)32-16-27(6,7)17-33-38/h10-14,21-25H,15-17H2,1-9H3/t21-,22-,23+,24+,25-/m1/s1. The van der Waals surface area contributed by atoms with Crippen LogP contribution in [-0.2, 0) is 46.4 Å². The van der Waals surface area contributed by atoms with Crippen LogP contribution in [0.15, 0.2) is 35.2 Å². The number of phosphoric ester groups is 1. The number of carbonyl (C=O) groups excluding carboxylic acids is 2. The monoisotopic (exact) mass is 618 g/mol. The predicted molar refractivity (Wildman–Crippen MR) is 153 cm³/mol. The van der Waals surface area contributed by atoms with Crippen LogP contribution in [0.25, 0.3) is 0 Å². The van der Waals surface area contributed by atoms with Gasteiger partial charge in [-0.3, -0.25) is 23.2 Å². The summed E-state index contributed by atoms with van der Waals surface area (Å²) in [6.45, 7) is 17.0. The van der Waals surface area contributed by atoms with Crippen LogP contribution in [-0.4, -0.2) is 69.9 Å². The fourth-order valence-corrected chi connectivity index (χ4v) is 8.08. The zero-order valence-electron chi connectivity index (χ0n) is 24.8. The number of benzene rings is 1. The van der Waals surface area contributed by atoms with Crippen molar-refractivity contribution in [2.75, 3.05) is 19.8 Å². The highest BCUT2D eigenvalue weighted by molar-refractivity contribution is 7.99. The lowest BCUT2D eigenvalue weighted by Gasteiger charge is -2.50. The Bertz CT molecular complexity index is 1060. The molecule has 2 fully saturated rings. The third-order valence-corrected chi connectivity index (χ3v) is 14.1. The summed E-state index contributed by atoms with van der Waals surface area (Å²) >= 11 is 1.33. The number of ether oxygens (including phenoxy) is 3. The average molecular weight is 619 g/mol. The van der Waals surface area contributed by atoms with E-state index in [-0.39, 0.29) is 30.3 Å². The Balaban J connectivity index is 2.09. The lowest BCUT2D eigenvalue weighted by atomic mass is 9.97. The third kappa shape index (κ3) is 8.88. The Labute approximate surface area is 242 Å². The second-order valence-electron chi connectivity index (χ2n) is 12.4. The van der Waals surface area contributed by atoms with Crippen LogP contribution in [0.4, 0.5) is 0 Å². The summed E-state index contributed by atoms with van der Waals surface area (Å²) in [5.74, 6) is -1.08. The summed E-state index contributed by atoms with van der Waals surface area (Å²) in [6, 6.07) is 9.49. The highest BCUT2D eigenvalue weighted by Gasteiger charge is 2.56. The van der Waals surface area contributed by atoms with E-state index in [0.29, 0.717) is 0 Å². The molecule has 226 valence electrons. The zero-order chi connectivity index (χ0) is 29.9. The van der Waals surface area contributed by atoms with E-state index in [9.17, 15) is 14.2 Å². The van der Waals surface area contributed by atoms with Crippen molar-refractivity contribution >= 4 is 39.8 Å². The van der Waals surface area contributed by atoms with E-state index in [1.165, 1.54) is 25.6 Å². The van der Waals surface area contributed by atoms with E-state index in [0.717, 1.165) is 4.90 Å². The lowest BCUT2D eigenvalue weighted by molar-refractivity contribution is -0.218. The van der Waals surface area contributed by atoms with E-state index in [2.05, 4.69) is 33.9 Å². The highest BCUT2D eigenvalue weighted by atomic mass is 32.2. The molecule has 0 amide bonds. The van der Waals surface area contributed by atoms with Crippen LogP contribution < -0.4 is 0 Å². The van der Waals surface area contributed by atoms with Crippen molar-refractivity contribution in [1.29, 1.82) is 0 Å². The second kappa shape index (κ2) is 13.0. The molecule has 0 bridgehead atoms. The molecule has 13 heteroatoms. The Hall–Kier alpha value is -1.24. The Morgan fingerprint density at radius 1 is 1.02 bits per heavy atom. The number of rotatable bonds is 9. The van der Waals surface area contributed by atoms with Crippen LogP contribution in [0.3, 0.4) is 0 Å². The summed E-state index contributed by atoms with van der Waals surface area (Å²) in [4.78, 5) is 24.9. The fourth-order valence-electron chi connectivity index (χ4n) is 3.83. The smallest absolute Gasteiger partial charge is 0.463 e. The Kier molecular flexibility index (Phi) is 10.8. The van der Waals surface area contributed by atoms with E-state index >= 15 is 0 Å². The van der Waals surface area contributed by atoms with Crippen LogP contribution >= 0.6 is 19.6 Å². The van der Waals surface area contributed by atoms with Gasteiger partial charge in [0.15, 0.2) is 14.4 Å². The highest BCUT2D eigenvalue weighted by Crippen LogP contribution is 2.58. The van der Waals surface area contributed by atoms with Crippen molar-refractivity contribution in [1.82, 2.24) is 0 Å². The van der Waals surface area contributed by atoms with Gasteiger partial charge in [0, 0.05) is 24.2 Å². The molecule has 0 unspecified atom stereocenters. The molecule has 5 atom stereocenters. The average Bonchev–Trinajstić information content (AvgIpc) is 2.83. The number of thioether (sulfide) groups is 1. The predicted octanol–water partition coefficient (Wildman–Crippen LogP) is 5.96. The summed E-state index contributed by atoms with van der Waals surface area (Å²) in [5.41, 5.74) is -1.15. The molecular formula is C27H43O10PSSi. The minimum Gasteiger partial charge on any atom is -0.463 e. The van der Waals surface area contributed by atoms with Crippen molar-refractivity contribution in [3.05, 3.63) is 30.3 Å². The van der Waals surface area contributed by atoms with Crippen molar-refractivity contribution in [2.24, 2.45) is 5.41 Å². The van der Waals surface area contributed by atoms with Gasteiger partial charge >= 0.3 is 19.8 Å². The van der Waals surface area contributed by atoms with Gasteiger partial charge in [-0.1, -0.05) is 64.6 Å². The molecule has 0 radical (unpaired) electrons. The first-order valence-corrected chi connectivity index (χ1v) is 18.6. The lowest BCUT2D eigenvalue weighted by Crippen LogP contribution is -2.63. The van der Waals surface area contributed by atoms with Gasteiger partial charge in [0.1, 0.15) is 30.4 Å². The number of esters is 2. The summed E-state index contributed by atoms with van der Waals surface area (Å²) in [5, 5.41) is -0.226. The fraction of sp³-hybridized carbons (Fsp3) is 0.704. The third-order valence-electron chi connectivity index (χ3n) is 7.05. The van der Waals surface area contributed by atoms with Crippen molar-refractivity contribution in [3.63, 3.8) is 0 Å². The molecule has 0 spiro atoms. The molecule has 0 aromatic heterocycles. The van der Waals surface area contributed by atoms with Gasteiger partial charge in [0.2, 0.25) is 0 Å². The maximum Gasteiger partial charge on any atom is 0.475 e. The van der Waals surface area contributed by atoms with Gasteiger partial charge in [-0.25, -0.2) is 4.57 Å². The van der Waals surface area contributed by atoms with Crippen LogP contribution in [0, 0.1) is 5.41 Å². The normalized spacial score (nSPS) is 28.5. The number of hydrogen-bond donors (Lipinski definition) is 0. The first-order valence-electron chi connectivity index (χ1n) is 13.3. The Morgan fingerprint density at radius 3 is 2.15 bits per heavy atom. The summed E-state index contributed by atoms with van der Waals surface area (Å²) < 4.78 is 55.7. The van der Waals surface area contributed by atoms with Crippen molar-refractivity contribution in [3.8, 4) is 0 Å². The molecule has 2 aliphatic rings. The number of phosphoric acid groups is 1. The van der Waals surface area contributed by atoms with Crippen LogP contribution in [0.2, 0.25) is 18.1 Å². The van der Waals surface area contributed by atoms with Gasteiger partial charge < -0.3 is 18.6 Å². The molecule has 2 heterocycles. The Morgan fingerprint density at radius 2 is 1.62 bits per heavy atom. The van der Waals surface area contributed by atoms with Crippen LogP contribution in [0.1, 0.15) is 48.5 Å². The summed E-state index contributed by atoms with van der Waals surface area (Å²) in [7, 11) is -6.59. The van der Waals surface area contributed by atoms with Crippen LogP contribution in [0.5, 0.6) is 0 Å². The minimum atomic E-state index is -4.04. The first kappa shape index (κ1) is 33.3. The molecule has 0 N–H and O–H groups in total. The molecule has 1 aromatic carbocycles. The zero-order valence-corrected chi connectivity index (χ0v) is 27.5. The van der Waals surface area contributed by atoms with Gasteiger partial charge in [0.05, 0.1) is 13.2 Å². The molecule has 0 aliphatic carbocycles. The topological polar surface area (TPSA) is 116 Å². The second-order valence-corrected chi connectivity index (χ2v) is 20.0. The van der Waals surface area contributed by atoms with Gasteiger partial charge in [0.25, 0.3) is 0 Å². The van der Waals surface area contributed by atoms with Crippen molar-refractivity contribution < 1.29 is 46.4 Å². The van der Waals surface area contributed by atoms with E-state index in [4.69, 9.17) is 32.2 Å². The molecule has 3 rings (SSSR count). The molecule has 40 heavy (non-hydrogen) atoms. The van der Waals surface area contributed by atoms with E-state index in [1.807, 2.05) is 44.2 Å². The molecule has 0 saturated carbocycles. The number of carbonyl (C=O) groups is 2.